The summed E-state index contributed by atoms with van der Waals surface area (Å²) in [6, 6.07) is 6.96. The van der Waals surface area contributed by atoms with Crippen LogP contribution in [0.5, 0.6) is 11.5 Å². The summed E-state index contributed by atoms with van der Waals surface area (Å²) in [6.45, 7) is 0. The molecule has 0 aliphatic rings. The van der Waals surface area contributed by atoms with E-state index in [-0.39, 0.29) is 6.07 Å². The molecule has 0 aliphatic heterocycles. The molecule has 0 unspecified atom stereocenters. The molecule has 0 radical (unpaired) electrons. The van der Waals surface area contributed by atoms with Crippen molar-refractivity contribution in [1.82, 2.24) is 0 Å². The lowest BCUT2D eigenvalue weighted by atomic mass is 10.2. The van der Waals surface area contributed by atoms with E-state index >= 15 is 0 Å². The molecule has 13 heavy (non-hydrogen) atoms. The molecule has 0 amide bonds. The molecular formula is C9H8ClNO2. The van der Waals surface area contributed by atoms with Gasteiger partial charge in [0.25, 0.3) is 0 Å². The first kappa shape index (κ1) is 9.69. The van der Waals surface area contributed by atoms with Crippen molar-refractivity contribution in [3.8, 4) is 17.6 Å². The van der Waals surface area contributed by atoms with E-state index in [9.17, 15) is 0 Å². The van der Waals surface area contributed by atoms with Crippen LogP contribution in [0, 0.1) is 11.3 Å². The molecule has 1 aromatic carbocycles. The molecule has 0 saturated carbocycles. The van der Waals surface area contributed by atoms with Crippen LogP contribution < -0.4 is 9.47 Å². The monoisotopic (exact) mass is 197 g/mol. The van der Waals surface area contributed by atoms with E-state index in [0.717, 1.165) is 0 Å². The van der Waals surface area contributed by atoms with E-state index in [0.29, 0.717) is 17.1 Å². The normalized spacial score (nSPS) is 9.00. The number of nitriles is 1. The number of hydrogen-bond donors (Lipinski definition) is 0. The lowest BCUT2D eigenvalue weighted by Gasteiger charge is -2.07. The van der Waals surface area contributed by atoms with E-state index in [1.54, 1.807) is 18.2 Å². The summed E-state index contributed by atoms with van der Waals surface area (Å²) in [5.41, 5.74) is 0.527. The average molecular weight is 198 g/mol. The van der Waals surface area contributed by atoms with Crippen molar-refractivity contribution in [2.45, 2.75) is 0 Å². The number of ether oxygens (including phenoxy) is 2. The van der Waals surface area contributed by atoms with Crippen LogP contribution in [0.25, 0.3) is 0 Å². The first-order valence-corrected chi connectivity index (χ1v) is 4.12. The predicted octanol–water partition coefficient (Wildman–Crippen LogP) is 2.14. The van der Waals surface area contributed by atoms with E-state index in [1.807, 2.05) is 6.07 Å². The summed E-state index contributed by atoms with van der Waals surface area (Å²) in [5.74, 6) is 1.05. The largest absolute Gasteiger partial charge is 0.493 e. The molecule has 0 N–H and O–H groups in total. The Hall–Kier alpha value is -1.40. The van der Waals surface area contributed by atoms with Gasteiger partial charge in [0.1, 0.15) is 0 Å². The Labute approximate surface area is 81.4 Å². The van der Waals surface area contributed by atoms with Crippen molar-refractivity contribution in [3.05, 3.63) is 23.8 Å². The number of nitrogens with zero attached hydrogens (tertiary/aromatic N) is 1. The van der Waals surface area contributed by atoms with Crippen molar-refractivity contribution in [1.29, 1.82) is 5.26 Å². The van der Waals surface area contributed by atoms with E-state index in [2.05, 4.69) is 0 Å². The number of rotatable bonds is 3. The number of alkyl halides is 1. The maximum Gasteiger partial charge on any atom is 0.163 e. The lowest BCUT2D eigenvalue weighted by Crippen LogP contribution is -1.93. The van der Waals surface area contributed by atoms with E-state index in [1.165, 1.54) is 7.11 Å². The van der Waals surface area contributed by atoms with Crippen LogP contribution in [0.4, 0.5) is 0 Å². The first-order valence-electron chi connectivity index (χ1n) is 3.58. The molecular weight excluding hydrogens is 190 g/mol. The van der Waals surface area contributed by atoms with Gasteiger partial charge >= 0.3 is 0 Å². The molecule has 1 rings (SSSR count). The van der Waals surface area contributed by atoms with Crippen molar-refractivity contribution in [3.63, 3.8) is 0 Å². The Kier molecular flexibility index (Phi) is 3.41. The molecule has 0 fully saturated rings. The Balaban J connectivity index is 3.02. The van der Waals surface area contributed by atoms with Gasteiger partial charge in [0.15, 0.2) is 17.6 Å². The lowest BCUT2D eigenvalue weighted by molar-refractivity contribution is 0.341. The maximum atomic E-state index is 8.61. The highest BCUT2D eigenvalue weighted by Crippen LogP contribution is 2.27. The third-order valence-electron chi connectivity index (χ3n) is 1.50. The van der Waals surface area contributed by atoms with Gasteiger partial charge in [-0.3, -0.25) is 0 Å². The van der Waals surface area contributed by atoms with Crippen molar-refractivity contribution >= 4 is 11.6 Å². The average Bonchev–Trinajstić information content (AvgIpc) is 2.19. The number of methoxy groups -OCH3 is 1. The molecule has 0 aliphatic carbocycles. The molecule has 1 aromatic rings. The highest BCUT2D eigenvalue weighted by atomic mass is 35.5. The topological polar surface area (TPSA) is 42.2 Å². The molecule has 0 heterocycles. The fraction of sp³-hybridized carbons (Fsp3) is 0.222. The van der Waals surface area contributed by atoms with Gasteiger partial charge in [-0.25, -0.2) is 0 Å². The second-order valence-electron chi connectivity index (χ2n) is 2.23. The van der Waals surface area contributed by atoms with Gasteiger partial charge < -0.3 is 9.47 Å². The highest BCUT2D eigenvalue weighted by molar-refractivity contribution is 6.17. The molecule has 0 spiro atoms. The van der Waals surface area contributed by atoms with Gasteiger partial charge in [-0.15, -0.1) is 0 Å². The minimum absolute atomic E-state index is 0.0578. The fourth-order valence-electron chi connectivity index (χ4n) is 0.915. The summed E-state index contributed by atoms with van der Waals surface area (Å²) in [5, 5.41) is 8.61. The second-order valence-corrected chi connectivity index (χ2v) is 2.45. The molecule has 68 valence electrons. The van der Waals surface area contributed by atoms with Crippen molar-refractivity contribution in [2.75, 3.05) is 13.2 Å². The van der Waals surface area contributed by atoms with Gasteiger partial charge in [0, 0.05) is 6.07 Å². The minimum Gasteiger partial charge on any atom is -0.493 e. The Morgan fingerprint density at radius 1 is 1.46 bits per heavy atom. The van der Waals surface area contributed by atoms with Crippen molar-refractivity contribution < 1.29 is 9.47 Å². The fourth-order valence-corrected chi connectivity index (χ4v) is 1.03. The molecule has 0 bridgehead atoms. The number of benzene rings is 1. The summed E-state index contributed by atoms with van der Waals surface area (Å²) >= 11 is 5.40. The zero-order valence-electron chi connectivity index (χ0n) is 7.08. The van der Waals surface area contributed by atoms with Crippen LogP contribution in [0.3, 0.4) is 0 Å². The quantitative estimate of drug-likeness (QED) is 0.698. The Morgan fingerprint density at radius 2 is 2.23 bits per heavy atom. The smallest absolute Gasteiger partial charge is 0.163 e. The number of hydrogen-bond acceptors (Lipinski definition) is 3. The molecule has 3 nitrogen and oxygen atoms in total. The van der Waals surface area contributed by atoms with Crippen LogP contribution in [-0.4, -0.2) is 13.2 Å². The maximum absolute atomic E-state index is 8.61. The van der Waals surface area contributed by atoms with Gasteiger partial charge in [-0.2, -0.15) is 5.26 Å². The highest BCUT2D eigenvalue weighted by Gasteiger charge is 2.04. The Morgan fingerprint density at radius 3 is 2.77 bits per heavy atom. The summed E-state index contributed by atoms with van der Waals surface area (Å²) in [6.07, 6.45) is 0. The van der Waals surface area contributed by atoms with Gasteiger partial charge in [-0.05, 0) is 12.1 Å². The van der Waals surface area contributed by atoms with Gasteiger partial charge in [-0.1, -0.05) is 11.6 Å². The minimum atomic E-state index is 0.0578. The zero-order chi connectivity index (χ0) is 9.68. The van der Waals surface area contributed by atoms with E-state index in [4.69, 9.17) is 26.3 Å². The van der Waals surface area contributed by atoms with Crippen LogP contribution in [-0.2, 0) is 0 Å². The second kappa shape index (κ2) is 4.58. The summed E-state index contributed by atoms with van der Waals surface area (Å²) in [7, 11) is 1.51. The van der Waals surface area contributed by atoms with Gasteiger partial charge in [0.2, 0.25) is 0 Å². The zero-order valence-corrected chi connectivity index (χ0v) is 7.84. The van der Waals surface area contributed by atoms with Gasteiger partial charge in [0.05, 0.1) is 18.7 Å². The van der Waals surface area contributed by atoms with Crippen LogP contribution in [0.2, 0.25) is 0 Å². The third kappa shape index (κ3) is 2.27. The predicted molar refractivity (Wildman–Crippen MR) is 49.1 cm³/mol. The van der Waals surface area contributed by atoms with Crippen LogP contribution >= 0.6 is 11.6 Å². The SMILES string of the molecule is COc1cc(C#N)ccc1OCCl. The summed E-state index contributed by atoms with van der Waals surface area (Å²) in [4.78, 5) is 0. The van der Waals surface area contributed by atoms with E-state index < -0.39 is 0 Å². The molecule has 4 heteroatoms. The first-order chi connectivity index (χ1) is 6.31. The number of halogens is 1. The van der Waals surface area contributed by atoms with Crippen molar-refractivity contribution in [2.24, 2.45) is 0 Å². The standard InChI is InChI=1S/C9H8ClNO2/c1-12-9-4-7(5-11)2-3-8(9)13-6-10/h2-4H,6H2,1H3. The van der Waals surface area contributed by atoms with Crippen LogP contribution in [0.1, 0.15) is 5.56 Å². The summed E-state index contributed by atoms with van der Waals surface area (Å²) < 4.78 is 10.1. The van der Waals surface area contributed by atoms with Crippen LogP contribution in [0.15, 0.2) is 18.2 Å². The Bertz CT molecular complexity index is 333. The third-order valence-corrected chi connectivity index (χ3v) is 1.61. The molecule has 0 aromatic heterocycles. The molecule has 0 saturated heterocycles. The molecule has 0 atom stereocenters.